The molecule has 0 aliphatic heterocycles. The highest BCUT2D eigenvalue weighted by Crippen LogP contribution is 2.32. The van der Waals surface area contributed by atoms with Gasteiger partial charge in [-0.05, 0) is 43.7 Å². The van der Waals surface area contributed by atoms with Crippen LogP contribution in [0, 0.1) is 0 Å². The van der Waals surface area contributed by atoms with Crippen LogP contribution in [0.4, 0.5) is 0 Å². The first-order valence-electron chi connectivity index (χ1n) is 7.84. The van der Waals surface area contributed by atoms with E-state index in [0.717, 1.165) is 19.4 Å². The molecule has 0 radical (unpaired) electrons. The minimum atomic E-state index is -0.190. The fourth-order valence-electron chi connectivity index (χ4n) is 3.19. The molecule has 1 saturated carbocycles. The standard InChI is InChI=1S/C17H26N2O/c18-17(20)12-6-7-13-19-16-11-5-4-10-15(16)14-8-2-1-3-9-14/h1-3,8-9,15-16,19H,4-7,10-13H2,(H2,18,20). The van der Waals surface area contributed by atoms with Gasteiger partial charge in [0.1, 0.15) is 0 Å². The zero-order chi connectivity index (χ0) is 14.2. The van der Waals surface area contributed by atoms with Crippen LogP contribution in [0.15, 0.2) is 30.3 Å². The molecule has 1 aliphatic carbocycles. The molecule has 2 atom stereocenters. The van der Waals surface area contributed by atoms with Crippen LogP contribution >= 0.6 is 0 Å². The van der Waals surface area contributed by atoms with Crippen molar-refractivity contribution >= 4 is 5.91 Å². The summed E-state index contributed by atoms with van der Waals surface area (Å²) < 4.78 is 0. The van der Waals surface area contributed by atoms with Gasteiger partial charge in [0, 0.05) is 12.5 Å². The predicted molar refractivity (Wildman–Crippen MR) is 82.5 cm³/mol. The molecule has 0 saturated heterocycles. The maximum atomic E-state index is 10.7. The molecule has 0 bridgehead atoms. The van der Waals surface area contributed by atoms with Crippen LogP contribution < -0.4 is 11.1 Å². The van der Waals surface area contributed by atoms with Gasteiger partial charge in [-0.1, -0.05) is 43.2 Å². The van der Waals surface area contributed by atoms with Gasteiger partial charge in [-0.3, -0.25) is 4.79 Å². The van der Waals surface area contributed by atoms with Crippen LogP contribution in [-0.2, 0) is 4.79 Å². The van der Waals surface area contributed by atoms with E-state index >= 15 is 0 Å². The molecule has 1 aromatic carbocycles. The van der Waals surface area contributed by atoms with Gasteiger partial charge in [0.25, 0.3) is 0 Å². The lowest BCUT2D eigenvalue weighted by atomic mass is 9.80. The molecule has 3 heteroatoms. The monoisotopic (exact) mass is 274 g/mol. The number of carbonyl (C=O) groups excluding carboxylic acids is 1. The Bertz CT molecular complexity index is 405. The van der Waals surface area contributed by atoms with E-state index in [9.17, 15) is 4.79 Å². The molecule has 1 fully saturated rings. The molecular weight excluding hydrogens is 248 g/mol. The van der Waals surface area contributed by atoms with Gasteiger partial charge < -0.3 is 11.1 Å². The van der Waals surface area contributed by atoms with Crippen molar-refractivity contribution < 1.29 is 4.79 Å². The minimum Gasteiger partial charge on any atom is -0.370 e. The van der Waals surface area contributed by atoms with E-state index in [1.54, 1.807) is 0 Å². The van der Waals surface area contributed by atoms with Crippen LogP contribution in [0.1, 0.15) is 56.4 Å². The summed E-state index contributed by atoms with van der Waals surface area (Å²) in [7, 11) is 0. The number of nitrogens with one attached hydrogen (secondary N) is 1. The maximum Gasteiger partial charge on any atom is 0.217 e. The van der Waals surface area contributed by atoms with E-state index in [2.05, 4.69) is 35.6 Å². The van der Waals surface area contributed by atoms with Gasteiger partial charge in [0.15, 0.2) is 0 Å². The lowest BCUT2D eigenvalue weighted by molar-refractivity contribution is -0.118. The van der Waals surface area contributed by atoms with Crippen molar-refractivity contribution in [1.82, 2.24) is 5.32 Å². The van der Waals surface area contributed by atoms with Crippen LogP contribution in [0.5, 0.6) is 0 Å². The Balaban J connectivity index is 1.80. The fraction of sp³-hybridized carbons (Fsp3) is 0.588. The van der Waals surface area contributed by atoms with Gasteiger partial charge >= 0.3 is 0 Å². The summed E-state index contributed by atoms with van der Waals surface area (Å²) in [5.74, 6) is 0.450. The Hall–Kier alpha value is -1.35. The zero-order valence-electron chi connectivity index (χ0n) is 12.2. The third-order valence-electron chi connectivity index (χ3n) is 4.25. The number of nitrogens with two attached hydrogens (primary N) is 1. The normalized spacial score (nSPS) is 22.6. The van der Waals surface area contributed by atoms with Crippen molar-refractivity contribution in [3.63, 3.8) is 0 Å². The Morgan fingerprint density at radius 3 is 2.65 bits per heavy atom. The van der Waals surface area contributed by atoms with E-state index in [4.69, 9.17) is 5.73 Å². The molecular formula is C17H26N2O. The summed E-state index contributed by atoms with van der Waals surface area (Å²) in [4.78, 5) is 10.7. The van der Waals surface area contributed by atoms with Gasteiger partial charge in [0.05, 0.1) is 0 Å². The van der Waals surface area contributed by atoms with Gasteiger partial charge in [-0.25, -0.2) is 0 Å². The number of hydrogen-bond donors (Lipinski definition) is 2. The number of rotatable bonds is 7. The molecule has 0 spiro atoms. The average molecular weight is 274 g/mol. The molecule has 1 amide bonds. The SMILES string of the molecule is NC(=O)CCCCNC1CCCCC1c1ccccc1. The van der Waals surface area contributed by atoms with E-state index in [1.165, 1.54) is 31.2 Å². The van der Waals surface area contributed by atoms with Crippen molar-refractivity contribution in [3.05, 3.63) is 35.9 Å². The Kier molecular flexibility index (Phi) is 6.06. The van der Waals surface area contributed by atoms with Crippen molar-refractivity contribution in [2.75, 3.05) is 6.54 Å². The van der Waals surface area contributed by atoms with E-state index in [-0.39, 0.29) is 5.91 Å². The summed E-state index contributed by atoms with van der Waals surface area (Å²) in [5.41, 5.74) is 6.62. The van der Waals surface area contributed by atoms with Crippen LogP contribution in [0.25, 0.3) is 0 Å². The first-order valence-corrected chi connectivity index (χ1v) is 7.84. The molecule has 3 nitrogen and oxygen atoms in total. The number of benzene rings is 1. The summed E-state index contributed by atoms with van der Waals surface area (Å²) in [6, 6.07) is 11.4. The molecule has 1 aromatic rings. The Morgan fingerprint density at radius 1 is 1.15 bits per heavy atom. The second kappa shape index (κ2) is 8.05. The minimum absolute atomic E-state index is 0.190. The van der Waals surface area contributed by atoms with Gasteiger partial charge in [-0.2, -0.15) is 0 Å². The highest BCUT2D eigenvalue weighted by atomic mass is 16.1. The third kappa shape index (κ3) is 4.64. The van der Waals surface area contributed by atoms with E-state index in [1.807, 2.05) is 0 Å². The second-order valence-electron chi connectivity index (χ2n) is 5.79. The highest BCUT2D eigenvalue weighted by molar-refractivity contribution is 5.73. The van der Waals surface area contributed by atoms with Crippen molar-refractivity contribution in [3.8, 4) is 0 Å². The van der Waals surface area contributed by atoms with E-state index < -0.39 is 0 Å². The predicted octanol–water partition coefficient (Wildman–Crippen LogP) is 2.96. The molecule has 0 aromatic heterocycles. The molecule has 1 aliphatic rings. The zero-order valence-corrected chi connectivity index (χ0v) is 12.2. The summed E-state index contributed by atoms with van der Waals surface area (Å²) >= 11 is 0. The first kappa shape index (κ1) is 15.0. The van der Waals surface area contributed by atoms with Crippen molar-refractivity contribution in [2.45, 2.75) is 56.9 Å². The van der Waals surface area contributed by atoms with E-state index in [0.29, 0.717) is 18.4 Å². The molecule has 110 valence electrons. The number of hydrogen-bond acceptors (Lipinski definition) is 2. The lowest BCUT2D eigenvalue weighted by Gasteiger charge is -2.33. The highest BCUT2D eigenvalue weighted by Gasteiger charge is 2.25. The fourth-order valence-corrected chi connectivity index (χ4v) is 3.19. The molecule has 2 unspecified atom stereocenters. The summed E-state index contributed by atoms with van der Waals surface area (Å²) in [6.45, 7) is 0.987. The Morgan fingerprint density at radius 2 is 1.90 bits per heavy atom. The van der Waals surface area contributed by atoms with Gasteiger partial charge in [0.2, 0.25) is 5.91 Å². The number of carbonyl (C=O) groups is 1. The van der Waals surface area contributed by atoms with Crippen LogP contribution in [-0.4, -0.2) is 18.5 Å². The van der Waals surface area contributed by atoms with Crippen LogP contribution in [0.2, 0.25) is 0 Å². The smallest absolute Gasteiger partial charge is 0.217 e. The molecule has 2 rings (SSSR count). The number of unbranched alkanes of at least 4 members (excludes halogenated alkanes) is 1. The summed E-state index contributed by atoms with van der Waals surface area (Å²) in [6.07, 6.45) is 7.63. The number of amides is 1. The quantitative estimate of drug-likeness (QED) is 0.751. The first-order chi connectivity index (χ1) is 9.77. The average Bonchev–Trinajstić information content (AvgIpc) is 2.48. The maximum absolute atomic E-state index is 10.7. The summed E-state index contributed by atoms with van der Waals surface area (Å²) in [5, 5.41) is 3.69. The van der Waals surface area contributed by atoms with Crippen molar-refractivity contribution in [2.24, 2.45) is 5.73 Å². The molecule has 20 heavy (non-hydrogen) atoms. The third-order valence-corrected chi connectivity index (χ3v) is 4.25. The molecule has 0 heterocycles. The number of primary amides is 1. The molecule has 3 N–H and O–H groups in total. The van der Waals surface area contributed by atoms with Crippen LogP contribution in [0.3, 0.4) is 0 Å². The van der Waals surface area contributed by atoms with Crippen molar-refractivity contribution in [1.29, 1.82) is 0 Å². The van der Waals surface area contributed by atoms with Gasteiger partial charge in [-0.15, -0.1) is 0 Å². The largest absolute Gasteiger partial charge is 0.370 e. The topological polar surface area (TPSA) is 55.1 Å². The second-order valence-corrected chi connectivity index (χ2v) is 5.79. The lowest BCUT2D eigenvalue weighted by Crippen LogP contribution is -2.37. The Labute approximate surface area is 121 Å².